The molecule has 0 aliphatic heterocycles. The molecule has 0 unspecified atom stereocenters. The molecule has 0 spiro atoms. The van der Waals surface area contributed by atoms with Crippen LogP contribution in [-0.2, 0) is 10.0 Å². The fraction of sp³-hybridized carbons (Fsp3) is 0.500. The van der Waals surface area contributed by atoms with E-state index in [0.717, 1.165) is 12.8 Å². The van der Waals surface area contributed by atoms with E-state index in [1.165, 1.54) is 15.6 Å². The maximum absolute atomic E-state index is 11.8. The molecular formula is C8H11NO2S2. The summed E-state index contributed by atoms with van der Waals surface area (Å²) in [6.07, 6.45) is 2.00. The van der Waals surface area contributed by atoms with Crippen molar-refractivity contribution >= 4 is 21.4 Å². The Kier molecular flexibility index (Phi) is 2.17. The summed E-state index contributed by atoms with van der Waals surface area (Å²) in [6, 6.07) is 1.89. The molecule has 5 heteroatoms. The van der Waals surface area contributed by atoms with Crippen LogP contribution in [0.1, 0.15) is 12.8 Å². The largest absolute Gasteiger partial charge is 0.243 e. The summed E-state index contributed by atoms with van der Waals surface area (Å²) in [5, 5.41) is 3.46. The van der Waals surface area contributed by atoms with Gasteiger partial charge < -0.3 is 0 Å². The van der Waals surface area contributed by atoms with Crippen molar-refractivity contribution in [1.82, 2.24) is 4.31 Å². The molecule has 0 atom stereocenters. The number of hydrogen-bond acceptors (Lipinski definition) is 3. The second kappa shape index (κ2) is 3.08. The van der Waals surface area contributed by atoms with Gasteiger partial charge in [-0.25, -0.2) is 8.42 Å². The lowest BCUT2D eigenvalue weighted by Gasteiger charge is -2.14. The minimum absolute atomic E-state index is 0.241. The van der Waals surface area contributed by atoms with E-state index in [1.807, 2.05) is 0 Å². The molecule has 1 aliphatic carbocycles. The molecule has 3 nitrogen and oxygen atoms in total. The third-order valence-corrected chi connectivity index (χ3v) is 4.97. The van der Waals surface area contributed by atoms with Gasteiger partial charge >= 0.3 is 0 Å². The van der Waals surface area contributed by atoms with Crippen LogP contribution in [0.2, 0.25) is 0 Å². The van der Waals surface area contributed by atoms with Crippen LogP contribution in [0.4, 0.5) is 0 Å². The van der Waals surface area contributed by atoms with Gasteiger partial charge in [-0.15, -0.1) is 0 Å². The molecule has 1 aromatic heterocycles. The van der Waals surface area contributed by atoms with Gasteiger partial charge in [0, 0.05) is 18.5 Å². The summed E-state index contributed by atoms with van der Waals surface area (Å²) < 4.78 is 25.1. The Morgan fingerprint density at radius 1 is 1.54 bits per heavy atom. The third-order valence-electron chi connectivity index (χ3n) is 2.23. The lowest BCUT2D eigenvalue weighted by atomic mass is 10.7. The molecule has 1 aromatic rings. The highest BCUT2D eigenvalue weighted by molar-refractivity contribution is 7.89. The molecule has 1 fully saturated rings. The molecule has 13 heavy (non-hydrogen) atoms. The average molecular weight is 217 g/mol. The minimum Gasteiger partial charge on any atom is -0.207 e. The second-order valence-corrected chi connectivity index (χ2v) is 5.99. The van der Waals surface area contributed by atoms with E-state index >= 15 is 0 Å². The molecule has 1 saturated carbocycles. The first kappa shape index (κ1) is 9.18. The highest BCUT2D eigenvalue weighted by Crippen LogP contribution is 2.30. The number of hydrogen-bond donors (Lipinski definition) is 0. The standard InChI is InChI=1S/C8H11NO2S2/c1-9(7-2-3-7)13(10,11)8-4-5-12-6-8/h4-7H,2-3H2,1H3. The van der Waals surface area contributed by atoms with Crippen LogP contribution in [0.25, 0.3) is 0 Å². The molecule has 0 amide bonds. The van der Waals surface area contributed by atoms with Crippen LogP contribution in [-0.4, -0.2) is 25.8 Å². The van der Waals surface area contributed by atoms with Crippen LogP contribution >= 0.6 is 11.3 Å². The van der Waals surface area contributed by atoms with Crippen LogP contribution in [0, 0.1) is 0 Å². The van der Waals surface area contributed by atoms with Gasteiger partial charge in [0.1, 0.15) is 0 Å². The van der Waals surface area contributed by atoms with Gasteiger partial charge in [-0.2, -0.15) is 15.6 Å². The molecular weight excluding hydrogens is 206 g/mol. The van der Waals surface area contributed by atoms with E-state index < -0.39 is 10.0 Å². The van der Waals surface area contributed by atoms with Gasteiger partial charge in [-0.05, 0) is 24.3 Å². The average Bonchev–Trinajstić information content (AvgIpc) is 2.78. The van der Waals surface area contributed by atoms with E-state index in [0.29, 0.717) is 4.90 Å². The van der Waals surface area contributed by atoms with Crippen LogP contribution < -0.4 is 0 Å². The van der Waals surface area contributed by atoms with Crippen molar-refractivity contribution < 1.29 is 8.42 Å². The monoisotopic (exact) mass is 217 g/mol. The summed E-state index contributed by atoms with van der Waals surface area (Å²) in [7, 11) is -1.53. The predicted molar refractivity (Wildman–Crippen MR) is 52.3 cm³/mol. The molecule has 1 aliphatic rings. The molecule has 0 N–H and O–H groups in total. The first-order valence-corrected chi connectivity index (χ1v) is 6.51. The number of sulfonamides is 1. The fourth-order valence-corrected chi connectivity index (χ4v) is 3.63. The smallest absolute Gasteiger partial charge is 0.207 e. The number of nitrogens with zero attached hydrogens (tertiary/aromatic N) is 1. The van der Waals surface area contributed by atoms with E-state index in [2.05, 4.69) is 0 Å². The lowest BCUT2D eigenvalue weighted by molar-refractivity contribution is 0.464. The van der Waals surface area contributed by atoms with Crippen molar-refractivity contribution in [3.05, 3.63) is 16.8 Å². The van der Waals surface area contributed by atoms with Crippen molar-refractivity contribution in [1.29, 1.82) is 0 Å². The molecule has 2 rings (SSSR count). The zero-order valence-electron chi connectivity index (χ0n) is 7.30. The minimum atomic E-state index is -3.19. The topological polar surface area (TPSA) is 37.4 Å². The molecule has 1 heterocycles. The Morgan fingerprint density at radius 3 is 2.69 bits per heavy atom. The Bertz CT molecular complexity index is 378. The molecule has 0 saturated heterocycles. The zero-order chi connectivity index (χ0) is 9.47. The highest BCUT2D eigenvalue weighted by atomic mass is 32.2. The summed E-state index contributed by atoms with van der Waals surface area (Å²) in [5.74, 6) is 0. The lowest BCUT2D eigenvalue weighted by Crippen LogP contribution is -2.28. The first-order chi connectivity index (χ1) is 6.12. The molecule has 0 aromatic carbocycles. The summed E-state index contributed by atoms with van der Waals surface area (Å²) in [5.41, 5.74) is 0. The second-order valence-electron chi connectivity index (χ2n) is 3.21. The normalized spacial score (nSPS) is 18.0. The number of rotatable bonds is 3. The van der Waals surface area contributed by atoms with Crippen molar-refractivity contribution in [3.63, 3.8) is 0 Å². The van der Waals surface area contributed by atoms with Gasteiger partial charge in [0.05, 0.1) is 4.90 Å². The fourth-order valence-electron chi connectivity index (χ4n) is 1.20. The Balaban J connectivity index is 2.30. The van der Waals surface area contributed by atoms with Gasteiger partial charge in [0.15, 0.2) is 0 Å². The highest BCUT2D eigenvalue weighted by Gasteiger charge is 2.34. The van der Waals surface area contributed by atoms with E-state index in [-0.39, 0.29) is 6.04 Å². The van der Waals surface area contributed by atoms with Crippen molar-refractivity contribution in [2.24, 2.45) is 0 Å². The number of thiophene rings is 1. The third kappa shape index (κ3) is 1.63. The van der Waals surface area contributed by atoms with E-state index in [1.54, 1.807) is 23.9 Å². The summed E-state index contributed by atoms with van der Waals surface area (Å²) in [4.78, 5) is 0.423. The molecule has 72 valence electrons. The van der Waals surface area contributed by atoms with Crippen LogP contribution in [0.5, 0.6) is 0 Å². The van der Waals surface area contributed by atoms with E-state index in [4.69, 9.17) is 0 Å². The van der Waals surface area contributed by atoms with Crippen molar-refractivity contribution in [2.45, 2.75) is 23.8 Å². The zero-order valence-corrected chi connectivity index (χ0v) is 8.94. The first-order valence-electron chi connectivity index (χ1n) is 4.12. The van der Waals surface area contributed by atoms with Crippen LogP contribution in [0.15, 0.2) is 21.7 Å². The van der Waals surface area contributed by atoms with Crippen molar-refractivity contribution in [3.8, 4) is 0 Å². The maximum Gasteiger partial charge on any atom is 0.243 e. The van der Waals surface area contributed by atoms with Gasteiger partial charge in [0.2, 0.25) is 10.0 Å². The quantitative estimate of drug-likeness (QED) is 0.770. The maximum atomic E-state index is 11.8. The Morgan fingerprint density at radius 2 is 2.23 bits per heavy atom. The van der Waals surface area contributed by atoms with E-state index in [9.17, 15) is 8.42 Å². The van der Waals surface area contributed by atoms with Gasteiger partial charge in [-0.3, -0.25) is 0 Å². The predicted octanol–water partition coefficient (Wildman–Crippen LogP) is 1.53. The van der Waals surface area contributed by atoms with Gasteiger partial charge in [-0.1, -0.05) is 0 Å². The summed E-state index contributed by atoms with van der Waals surface area (Å²) in [6.45, 7) is 0. The Hall–Kier alpha value is -0.390. The Labute approximate surface area is 82.0 Å². The molecule has 0 bridgehead atoms. The SMILES string of the molecule is CN(C1CC1)S(=O)(=O)c1ccsc1. The molecule has 0 radical (unpaired) electrons. The van der Waals surface area contributed by atoms with Gasteiger partial charge in [0.25, 0.3) is 0 Å². The summed E-state index contributed by atoms with van der Waals surface area (Å²) >= 11 is 1.41. The van der Waals surface area contributed by atoms with Crippen molar-refractivity contribution in [2.75, 3.05) is 7.05 Å². The van der Waals surface area contributed by atoms with Crippen LogP contribution in [0.3, 0.4) is 0 Å².